The van der Waals surface area contributed by atoms with Gasteiger partial charge in [-0.1, -0.05) is 6.92 Å². The molecule has 0 bridgehead atoms. The first-order chi connectivity index (χ1) is 7.99. The van der Waals surface area contributed by atoms with Gasteiger partial charge in [-0.05, 0) is 27.6 Å². The second-order valence-electron chi connectivity index (χ2n) is 3.99. The second kappa shape index (κ2) is 4.66. The molecular formula is C12H12BrNO2S. The highest BCUT2D eigenvalue weighted by molar-refractivity contribution is 9.10. The van der Waals surface area contributed by atoms with E-state index in [0.717, 1.165) is 14.9 Å². The first-order valence-electron chi connectivity index (χ1n) is 5.12. The van der Waals surface area contributed by atoms with E-state index in [4.69, 9.17) is 5.11 Å². The molecule has 2 aromatic heterocycles. The van der Waals surface area contributed by atoms with Crippen molar-refractivity contribution in [3.8, 4) is 0 Å². The zero-order valence-electron chi connectivity index (χ0n) is 9.48. The molecule has 0 saturated heterocycles. The maximum atomic E-state index is 11.2. The fourth-order valence-electron chi connectivity index (χ4n) is 1.84. The quantitative estimate of drug-likeness (QED) is 0.938. The number of halogens is 1. The molecule has 1 atom stereocenters. The largest absolute Gasteiger partial charge is 0.478 e. The van der Waals surface area contributed by atoms with Crippen LogP contribution in [0.5, 0.6) is 0 Å². The Morgan fingerprint density at radius 3 is 2.76 bits per heavy atom. The highest BCUT2D eigenvalue weighted by Crippen LogP contribution is 2.33. The first kappa shape index (κ1) is 12.4. The zero-order valence-corrected chi connectivity index (χ0v) is 11.9. The molecule has 0 aliphatic rings. The third-order valence-electron chi connectivity index (χ3n) is 2.70. The minimum absolute atomic E-state index is 0.0959. The van der Waals surface area contributed by atoms with Crippen molar-refractivity contribution in [2.75, 3.05) is 0 Å². The number of rotatable bonds is 3. The summed E-state index contributed by atoms with van der Waals surface area (Å²) >= 11 is 5.05. The molecule has 90 valence electrons. The van der Waals surface area contributed by atoms with E-state index in [0.29, 0.717) is 5.56 Å². The Balaban J connectivity index is 2.43. The molecule has 2 rings (SSSR count). The van der Waals surface area contributed by atoms with Crippen LogP contribution in [0.4, 0.5) is 0 Å². The number of aryl methyl sites for hydroxylation is 1. The summed E-state index contributed by atoms with van der Waals surface area (Å²) in [6, 6.07) is 2.04. The molecular weight excluding hydrogens is 302 g/mol. The SMILES string of the molecule is CC(c1cc(Br)cs1)c1cn(C)cc1C(=O)O. The molecule has 2 aromatic rings. The van der Waals surface area contributed by atoms with Crippen LogP contribution in [0.2, 0.25) is 0 Å². The molecule has 17 heavy (non-hydrogen) atoms. The Hall–Kier alpha value is -1.07. The van der Waals surface area contributed by atoms with Gasteiger partial charge < -0.3 is 9.67 Å². The van der Waals surface area contributed by atoms with Gasteiger partial charge in [-0.2, -0.15) is 0 Å². The van der Waals surface area contributed by atoms with Gasteiger partial charge in [0.15, 0.2) is 0 Å². The molecule has 0 saturated carbocycles. The van der Waals surface area contributed by atoms with Crippen LogP contribution in [0.3, 0.4) is 0 Å². The average Bonchev–Trinajstić information content (AvgIpc) is 2.83. The fourth-order valence-corrected chi connectivity index (χ4v) is 3.36. The number of thiophene rings is 1. The standard InChI is InChI=1S/C12H12BrNO2S/c1-7(11-3-8(13)6-17-11)9-4-14(2)5-10(9)12(15)16/h3-7H,1-2H3,(H,15,16). The van der Waals surface area contributed by atoms with Crippen molar-refractivity contribution in [3.05, 3.63) is 44.3 Å². The van der Waals surface area contributed by atoms with Gasteiger partial charge in [0.25, 0.3) is 0 Å². The van der Waals surface area contributed by atoms with Gasteiger partial charge in [0, 0.05) is 40.1 Å². The minimum Gasteiger partial charge on any atom is -0.478 e. The van der Waals surface area contributed by atoms with Gasteiger partial charge in [0.05, 0.1) is 5.56 Å². The van der Waals surface area contributed by atoms with Gasteiger partial charge in [0.2, 0.25) is 0 Å². The molecule has 1 N–H and O–H groups in total. The molecule has 0 radical (unpaired) electrons. The molecule has 5 heteroatoms. The lowest BCUT2D eigenvalue weighted by atomic mass is 9.99. The maximum Gasteiger partial charge on any atom is 0.337 e. The lowest BCUT2D eigenvalue weighted by molar-refractivity contribution is 0.0695. The lowest BCUT2D eigenvalue weighted by Gasteiger charge is -2.08. The summed E-state index contributed by atoms with van der Waals surface area (Å²) in [5.41, 5.74) is 1.24. The van der Waals surface area contributed by atoms with E-state index in [9.17, 15) is 4.79 Å². The normalized spacial score (nSPS) is 12.6. The molecule has 0 amide bonds. The second-order valence-corrected chi connectivity index (χ2v) is 5.85. The number of nitrogens with zero attached hydrogens (tertiary/aromatic N) is 1. The maximum absolute atomic E-state index is 11.2. The van der Waals surface area contributed by atoms with Crippen LogP contribution in [-0.2, 0) is 7.05 Å². The third-order valence-corrected chi connectivity index (χ3v) is 4.57. The van der Waals surface area contributed by atoms with Crippen molar-refractivity contribution in [2.24, 2.45) is 7.05 Å². The molecule has 0 aromatic carbocycles. The highest BCUT2D eigenvalue weighted by atomic mass is 79.9. The molecule has 2 heterocycles. The smallest absolute Gasteiger partial charge is 0.337 e. The van der Waals surface area contributed by atoms with Gasteiger partial charge in [-0.25, -0.2) is 4.79 Å². The van der Waals surface area contributed by atoms with Crippen LogP contribution < -0.4 is 0 Å². The Kier molecular flexibility index (Phi) is 3.40. The van der Waals surface area contributed by atoms with E-state index < -0.39 is 5.97 Å². The Morgan fingerprint density at radius 1 is 1.53 bits per heavy atom. The van der Waals surface area contributed by atoms with Gasteiger partial charge >= 0.3 is 5.97 Å². The van der Waals surface area contributed by atoms with Crippen molar-refractivity contribution >= 4 is 33.2 Å². The first-order valence-corrected chi connectivity index (χ1v) is 6.79. The average molecular weight is 314 g/mol. The summed E-state index contributed by atoms with van der Waals surface area (Å²) in [6.07, 6.45) is 3.53. The van der Waals surface area contributed by atoms with E-state index in [-0.39, 0.29) is 5.92 Å². The number of hydrogen-bond acceptors (Lipinski definition) is 2. The van der Waals surface area contributed by atoms with Crippen molar-refractivity contribution in [3.63, 3.8) is 0 Å². The van der Waals surface area contributed by atoms with Gasteiger partial charge in [-0.15, -0.1) is 11.3 Å². The molecule has 1 unspecified atom stereocenters. The van der Waals surface area contributed by atoms with Crippen LogP contribution in [0.25, 0.3) is 0 Å². The van der Waals surface area contributed by atoms with E-state index in [1.54, 1.807) is 22.1 Å². The predicted octanol–water partition coefficient (Wildman–Crippen LogP) is 3.70. The Bertz CT molecular complexity index is 559. The highest BCUT2D eigenvalue weighted by Gasteiger charge is 2.20. The van der Waals surface area contributed by atoms with E-state index in [2.05, 4.69) is 15.9 Å². The van der Waals surface area contributed by atoms with Crippen molar-refractivity contribution < 1.29 is 9.90 Å². The molecule has 0 aliphatic carbocycles. The number of hydrogen-bond donors (Lipinski definition) is 1. The van der Waals surface area contributed by atoms with Crippen molar-refractivity contribution in [1.29, 1.82) is 0 Å². The van der Waals surface area contributed by atoms with Crippen LogP contribution >= 0.6 is 27.3 Å². The van der Waals surface area contributed by atoms with Crippen LogP contribution in [0, 0.1) is 0 Å². The molecule has 0 aliphatic heterocycles. The number of aromatic carboxylic acids is 1. The third kappa shape index (κ3) is 2.45. The monoisotopic (exact) mass is 313 g/mol. The van der Waals surface area contributed by atoms with Gasteiger partial charge in [0.1, 0.15) is 0 Å². The fraction of sp³-hybridized carbons (Fsp3) is 0.250. The summed E-state index contributed by atoms with van der Waals surface area (Å²) < 4.78 is 2.83. The van der Waals surface area contributed by atoms with E-state index in [1.165, 1.54) is 0 Å². The molecule has 0 spiro atoms. The molecule has 3 nitrogen and oxygen atoms in total. The van der Waals surface area contributed by atoms with E-state index in [1.807, 2.05) is 31.6 Å². The van der Waals surface area contributed by atoms with Crippen LogP contribution in [-0.4, -0.2) is 15.6 Å². The number of carboxylic acids is 1. The zero-order chi connectivity index (χ0) is 12.6. The Morgan fingerprint density at radius 2 is 2.24 bits per heavy atom. The summed E-state index contributed by atoms with van der Waals surface area (Å²) in [7, 11) is 1.84. The summed E-state index contributed by atoms with van der Waals surface area (Å²) in [4.78, 5) is 12.3. The van der Waals surface area contributed by atoms with Crippen molar-refractivity contribution in [1.82, 2.24) is 4.57 Å². The molecule has 0 fully saturated rings. The Labute approximate surface area is 112 Å². The number of carboxylic acid groups (broad SMARTS) is 1. The lowest BCUT2D eigenvalue weighted by Crippen LogP contribution is -2.02. The van der Waals surface area contributed by atoms with Gasteiger partial charge in [-0.3, -0.25) is 0 Å². The van der Waals surface area contributed by atoms with Crippen LogP contribution in [0.1, 0.15) is 33.6 Å². The van der Waals surface area contributed by atoms with E-state index >= 15 is 0 Å². The van der Waals surface area contributed by atoms with Crippen molar-refractivity contribution in [2.45, 2.75) is 12.8 Å². The summed E-state index contributed by atoms with van der Waals surface area (Å²) in [6.45, 7) is 2.03. The number of carbonyl (C=O) groups is 1. The summed E-state index contributed by atoms with van der Waals surface area (Å²) in [5, 5.41) is 11.2. The predicted molar refractivity (Wildman–Crippen MR) is 71.9 cm³/mol. The summed E-state index contributed by atoms with van der Waals surface area (Å²) in [5.74, 6) is -0.776. The topological polar surface area (TPSA) is 42.2 Å². The minimum atomic E-state index is -0.872. The van der Waals surface area contributed by atoms with Crippen LogP contribution in [0.15, 0.2) is 28.3 Å². The number of aromatic nitrogens is 1.